The second-order valence-electron chi connectivity index (χ2n) is 13.1. The van der Waals surface area contributed by atoms with E-state index < -0.39 is 32.4 Å². The summed E-state index contributed by atoms with van der Waals surface area (Å²) in [6, 6.07) is 8.59. The number of alkyl halides is 2. The predicted molar refractivity (Wildman–Crippen MR) is 172 cm³/mol. The molecule has 8 heteroatoms. The molecule has 0 N–H and O–H groups in total. The van der Waals surface area contributed by atoms with Crippen LogP contribution in [0, 0.1) is 11.8 Å². The maximum atomic E-state index is 15.4. The average Bonchev–Trinajstić information content (AvgIpc) is 3.19. The highest BCUT2D eigenvalue weighted by atomic mass is 28.4. The molecule has 1 fully saturated rings. The fourth-order valence-corrected chi connectivity index (χ4v) is 6.07. The maximum absolute atomic E-state index is 15.4. The number of rotatable bonds is 16. The van der Waals surface area contributed by atoms with Gasteiger partial charge in [-0.05, 0) is 81.9 Å². The van der Waals surface area contributed by atoms with E-state index in [0.717, 1.165) is 6.08 Å². The van der Waals surface area contributed by atoms with E-state index >= 15 is 8.78 Å². The van der Waals surface area contributed by atoms with Crippen molar-refractivity contribution in [2.24, 2.45) is 11.8 Å². The number of Topliss-reactive ketones (excluding diaryl/α,β-unsaturated/α-hetero) is 1. The van der Waals surface area contributed by atoms with Gasteiger partial charge in [0.2, 0.25) is 0 Å². The van der Waals surface area contributed by atoms with Crippen LogP contribution in [0.4, 0.5) is 8.78 Å². The molecule has 0 aromatic heterocycles. The molecule has 1 unspecified atom stereocenters. The van der Waals surface area contributed by atoms with Crippen molar-refractivity contribution in [1.29, 1.82) is 0 Å². The van der Waals surface area contributed by atoms with E-state index in [1.165, 1.54) is 12.2 Å². The number of halogens is 2. The van der Waals surface area contributed by atoms with Crippen LogP contribution in [-0.4, -0.2) is 44.3 Å². The number of esters is 1. The summed E-state index contributed by atoms with van der Waals surface area (Å²) in [5, 5.41) is -0.0735. The molecule has 1 aromatic rings. The minimum Gasteiger partial charge on any atom is -0.480 e. The van der Waals surface area contributed by atoms with Crippen molar-refractivity contribution in [3.8, 4) is 5.75 Å². The first-order chi connectivity index (χ1) is 20.1. The smallest absolute Gasteiger partial charge is 0.306 e. The fraction of sp³-hybridized carbons (Fsp3) is 0.600. The van der Waals surface area contributed by atoms with E-state index in [0.29, 0.717) is 37.9 Å². The summed E-state index contributed by atoms with van der Waals surface area (Å²) in [5.74, 6) is -3.84. The van der Waals surface area contributed by atoms with Crippen LogP contribution in [0.2, 0.25) is 18.1 Å². The predicted octanol–water partition coefficient (Wildman–Crippen LogP) is 9.26. The lowest BCUT2D eigenvalue weighted by Gasteiger charge is -2.39. The number of carbonyl (C=O) groups excluding carboxylic acids is 2. The van der Waals surface area contributed by atoms with Gasteiger partial charge in [0, 0.05) is 24.7 Å². The molecule has 1 aromatic carbocycles. The van der Waals surface area contributed by atoms with Crippen LogP contribution in [0.3, 0.4) is 0 Å². The quantitative estimate of drug-likeness (QED) is 0.0800. The van der Waals surface area contributed by atoms with Gasteiger partial charge in [-0.3, -0.25) is 9.59 Å². The molecule has 5 nitrogen and oxygen atoms in total. The monoisotopic (exact) mass is 618 g/mol. The second-order valence-corrected chi connectivity index (χ2v) is 17.9. The lowest BCUT2D eigenvalue weighted by molar-refractivity contribution is -0.147. The molecule has 0 radical (unpaired) electrons. The van der Waals surface area contributed by atoms with E-state index in [1.807, 2.05) is 26.0 Å². The Hall–Kier alpha value is -2.58. The van der Waals surface area contributed by atoms with Gasteiger partial charge in [0.1, 0.15) is 11.5 Å². The summed E-state index contributed by atoms with van der Waals surface area (Å²) in [7, 11) is -2.25. The minimum absolute atomic E-state index is 0.0710. The lowest BCUT2D eigenvalue weighted by atomic mass is 9.90. The number of ketones is 1. The molecule has 0 aliphatic heterocycles. The molecule has 1 aliphatic carbocycles. The second kappa shape index (κ2) is 16.5. The SMILES string of the molecule is CC/C=C/C(F)(F)C(/C=C/[C@H]1[C@H](O[Si](C)(C)C(C)(C)C)CC(=O)[C@@H]1C/C=C/CCCC(=O)OC(C)C)Oc1ccccc1. The number of hydrogen-bond donors (Lipinski definition) is 0. The van der Waals surface area contributed by atoms with Gasteiger partial charge in [0.25, 0.3) is 0 Å². The van der Waals surface area contributed by atoms with Gasteiger partial charge in [0.05, 0.1) is 12.2 Å². The molecule has 2 rings (SSSR count). The molecule has 0 amide bonds. The number of allylic oxidation sites excluding steroid dienone is 3. The molecule has 0 saturated heterocycles. The zero-order chi connectivity index (χ0) is 32.3. The molecule has 0 heterocycles. The Balaban J connectivity index is 2.31. The molecular weight excluding hydrogens is 566 g/mol. The van der Waals surface area contributed by atoms with Crippen molar-refractivity contribution in [2.45, 2.75) is 122 Å². The van der Waals surface area contributed by atoms with Crippen LogP contribution in [0.1, 0.15) is 80.1 Å². The van der Waals surface area contributed by atoms with Crippen molar-refractivity contribution >= 4 is 20.1 Å². The summed E-state index contributed by atoms with van der Waals surface area (Å²) in [6.45, 7) is 16.2. The lowest BCUT2D eigenvalue weighted by Crippen LogP contribution is -2.45. The van der Waals surface area contributed by atoms with E-state index in [4.69, 9.17) is 13.9 Å². The largest absolute Gasteiger partial charge is 0.480 e. The van der Waals surface area contributed by atoms with E-state index in [9.17, 15) is 9.59 Å². The van der Waals surface area contributed by atoms with Crippen molar-refractivity contribution in [3.05, 3.63) is 66.8 Å². The van der Waals surface area contributed by atoms with Gasteiger partial charge in [-0.2, -0.15) is 8.78 Å². The van der Waals surface area contributed by atoms with Crippen LogP contribution in [0.25, 0.3) is 0 Å². The van der Waals surface area contributed by atoms with Gasteiger partial charge in [-0.25, -0.2) is 0 Å². The third-order valence-corrected chi connectivity index (χ3v) is 12.6. The van der Waals surface area contributed by atoms with Crippen LogP contribution >= 0.6 is 0 Å². The Labute approximate surface area is 258 Å². The highest BCUT2D eigenvalue weighted by Gasteiger charge is 2.47. The zero-order valence-corrected chi connectivity index (χ0v) is 28.3. The van der Waals surface area contributed by atoms with Gasteiger partial charge in [-0.15, -0.1) is 0 Å². The number of ether oxygens (including phenoxy) is 2. The highest BCUT2D eigenvalue weighted by Crippen LogP contribution is 2.43. The number of carbonyl (C=O) groups is 2. The molecule has 4 atom stereocenters. The normalized spacial score (nSPS) is 21.0. The molecular formula is C35H52F2O5Si. The van der Waals surface area contributed by atoms with E-state index in [2.05, 4.69) is 33.9 Å². The summed E-state index contributed by atoms with van der Waals surface area (Å²) in [6.07, 6.45) is 10.2. The number of unbranched alkanes of at least 4 members (excludes halogenated alkanes) is 1. The van der Waals surface area contributed by atoms with Gasteiger partial charge >= 0.3 is 11.9 Å². The summed E-state index contributed by atoms with van der Waals surface area (Å²) in [5.41, 5.74) is 0. The Kier molecular flexibility index (Phi) is 14.0. The fourth-order valence-electron chi connectivity index (χ4n) is 4.72. The molecule has 1 saturated carbocycles. The Morgan fingerprint density at radius 2 is 1.77 bits per heavy atom. The Bertz CT molecular complexity index is 1100. The van der Waals surface area contributed by atoms with Crippen molar-refractivity contribution in [1.82, 2.24) is 0 Å². The highest BCUT2D eigenvalue weighted by molar-refractivity contribution is 6.74. The third-order valence-electron chi connectivity index (χ3n) is 8.11. The number of hydrogen-bond acceptors (Lipinski definition) is 5. The number of para-hydroxylation sites is 1. The average molecular weight is 619 g/mol. The topological polar surface area (TPSA) is 61.8 Å². The summed E-state index contributed by atoms with van der Waals surface area (Å²) in [4.78, 5) is 25.1. The zero-order valence-electron chi connectivity index (χ0n) is 27.3. The van der Waals surface area contributed by atoms with Crippen molar-refractivity contribution in [2.75, 3.05) is 0 Å². The first kappa shape index (κ1) is 36.6. The van der Waals surface area contributed by atoms with Crippen LogP contribution in [0.5, 0.6) is 5.75 Å². The minimum atomic E-state index is -3.26. The van der Waals surface area contributed by atoms with Crippen LogP contribution in [-0.2, 0) is 18.8 Å². The van der Waals surface area contributed by atoms with Gasteiger partial charge in [0.15, 0.2) is 14.4 Å². The first-order valence-electron chi connectivity index (χ1n) is 15.6. The molecule has 0 bridgehead atoms. The molecule has 43 heavy (non-hydrogen) atoms. The summed E-state index contributed by atoms with van der Waals surface area (Å²) < 4.78 is 48.5. The van der Waals surface area contributed by atoms with Crippen LogP contribution in [0.15, 0.2) is 66.8 Å². The third kappa shape index (κ3) is 11.8. The first-order valence-corrected chi connectivity index (χ1v) is 18.5. The molecule has 1 aliphatic rings. The van der Waals surface area contributed by atoms with Gasteiger partial charge < -0.3 is 13.9 Å². The Morgan fingerprint density at radius 3 is 2.37 bits per heavy atom. The van der Waals surface area contributed by atoms with Crippen LogP contribution < -0.4 is 4.74 Å². The maximum Gasteiger partial charge on any atom is 0.306 e. The summed E-state index contributed by atoms with van der Waals surface area (Å²) >= 11 is 0. The van der Waals surface area contributed by atoms with Crippen molar-refractivity contribution < 1.29 is 32.3 Å². The molecule has 0 spiro atoms. The van der Waals surface area contributed by atoms with E-state index in [-0.39, 0.29) is 35.2 Å². The van der Waals surface area contributed by atoms with Crippen molar-refractivity contribution in [3.63, 3.8) is 0 Å². The van der Waals surface area contributed by atoms with Gasteiger partial charge in [-0.1, -0.05) is 70.2 Å². The number of benzene rings is 1. The Morgan fingerprint density at radius 1 is 1.09 bits per heavy atom. The van der Waals surface area contributed by atoms with E-state index in [1.54, 1.807) is 43.3 Å². The standard InChI is InChI=1S/C35H52F2O5Si/c1-9-10-24-35(36,37)32(41-27-18-14-13-15-19-27)23-22-29-28(20-16-11-12-17-21-33(39)40-26(2)3)30(38)25-31(29)42-43(7,8)34(4,5)6/h10-11,13-16,18-19,22-24,26,28-29,31-32H,9,12,17,20-21,25H2,1-8H3/b16-11+,23-22+,24-10+/t28-,29-,31-,32?/m1/s1. The molecule has 240 valence electrons.